The lowest BCUT2D eigenvalue weighted by Gasteiger charge is -2.22. The van der Waals surface area contributed by atoms with Crippen molar-refractivity contribution in [2.45, 2.75) is 32.3 Å². The minimum absolute atomic E-state index is 0.0862. The number of nitrogens with one attached hydrogen (secondary N) is 1. The number of carbonyl (C=O) groups is 1. The fourth-order valence-electron chi connectivity index (χ4n) is 3.68. The van der Waals surface area contributed by atoms with Crippen LogP contribution in [0, 0.1) is 0 Å². The third-order valence-electron chi connectivity index (χ3n) is 5.29. The second-order valence-electron chi connectivity index (χ2n) is 7.46. The van der Waals surface area contributed by atoms with Crippen LogP contribution in [-0.2, 0) is 16.1 Å². The summed E-state index contributed by atoms with van der Waals surface area (Å²) in [5, 5.41) is 0.510. The van der Waals surface area contributed by atoms with Gasteiger partial charge >= 0.3 is 5.97 Å². The lowest BCUT2D eigenvalue weighted by Crippen LogP contribution is -2.23. The van der Waals surface area contributed by atoms with Crippen molar-refractivity contribution in [2.24, 2.45) is 0 Å². The number of hydrogen-bond acceptors (Lipinski definition) is 5. The highest BCUT2D eigenvalue weighted by Crippen LogP contribution is 2.20. The van der Waals surface area contributed by atoms with Crippen molar-refractivity contribution >= 4 is 28.6 Å². The largest absolute Gasteiger partial charge is 0.454 e. The maximum absolute atomic E-state index is 12.1. The van der Waals surface area contributed by atoms with Crippen LogP contribution in [0.2, 0.25) is 0 Å². The number of fused-ring (bicyclic) bond motifs is 1. The highest BCUT2D eigenvalue weighted by molar-refractivity contribution is 5.87. The predicted molar refractivity (Wildman–Crippen MR) is 118 cm³/mol. The fraction of sp³-hybridized carbons (Fsp3) is 0.292. The molecule has 2 aromatic carbocycles. The standard InChI is InChI=1S/C24H25N3O3/c28-23(30-17-22-25-21-8-4-3-7-20(21)24(29)26-22)14-11-18-9-12-19(13-10-18)27-15-5-1-2-6-16-27/h3-4,7-14H,1-2,5-6,15-17H2,(H,25,26,29)/b14-11+. The van der Waals surface area contributed by atoms with Gasteiger partial charge in [0.1, 0.15) is 12.4 Å². The first-order valence-corrected chi connectivity index (χ1v) is 10.4. The van der Waals surface area contributed by atoms with Gasteiger partial charge in [-0.15, -0.1) is 0 Å². The average molecular weight is 403 g/mol. The maximum Gasteiger partial charge on any atom is 0.331 e. The summed E-state index contributed by atoms with van der Waals surface area (Å²) < 4.78 is 5.22. The fourth-order valence-corrected chi connectivity index (χ4v) is 3.68. The molecular weight excluding hydrogens is 378 g/mol. The Hall–Kier alpha value is -3.41. The first-order valence-electron chi connectivity index (χ1n) is 10.4. The van der Waals surface area contributed by atoms with Gasteiger partial charge in [-0.3, -0.25) is 4.79 Å². The van der Waals surface area contributed by atoms with E-state index in [9.17, 15) is 9.59 Å². The van der Waals surface area contributed by atoms with E-state index in [1.165, 1.54) is 37.4 Å². The Morgan fingerprint density at radius 1 is 1.03 bits per heavy atom. The van der Waals surface area contributed by atoms with Crippen molar-refractivity contribution < 1.29 is 9.53 Å². The van der Waals surface area contributed by atoms with E-state index in [4.69, 9.17) is 4.74 Å². The quantitative estimate of drug-likeness (QED) is 0.514. The Morgan fingerprint density at radius 3 is 2.53 bits per heavy atom. The van der Waals surface area contributed by atoms with Crippen LogP contribution in [0.3, 0.4) is 0 Å². The molecule has 1 aromatic heterocycles. The smallest absolute Gasteiger partial charge is 0.331 e. The van der Waals surface area contributed by atoms with Gasteiger partial charge < -0.3 is 14.6 Å². The van der Waals surface area contributed by atoms with Crippen molar-refractivity contribution in [2.75, 3.05) is 18.0 Å². The van der Waals surface area contributed by atoms with E-state index in [0.29, 0.717) is 16.7 Å². The second kappa shape index (κ2) is 9.39. The maximum atomic E-state index is 12.1. The molecular formula is C24H25N3O3. The highest BCUT2D eigenvalue weighted by atomic mass is 16.5. The van der Waals surface area contributed by atoms with Crippen LogP contribution in [0.1, 0.15) is 37.1 Å². The van der Waals surface area contributed by atoms with E-state index in [1.54, 1.807) is 24.3 Å². The number of para-hydroxylation sites is 1. The highest BCUT2D eigenvalue weighted by Gasteiger charge is 2.09. The van der Waals surface area contributed by atoms with E-state index in [-0.39, 0.29) is 12.2 Å². The number of rotatable bonds is 5. The molecule has 6 heteroatoms. The van der Waals surface area contributed by atoms with Gasteiger partial charge in [0.15, 0.2) is 0 Å². The van der Waals surface area contributed by atoms with Crippen molar-refractivity contribution in [1.82, 2.24) is 9.97 Å². The van der Waals surface area contributed by atoms with Gasteiger partial charge in [-0.2, -0.15) is 0 Å². The minimum atomic E-state index is -0.484. The Morgan fingerprint density at radius 2 is 1.77 bits per heavy atom. The van der Waals surface area contributed by atoms with Crippen LogP contribution in [-0.4, -0.2) is 29.0 Å². The van der Waals surface area contributed by atoms with Crippen LogP contribution in [0.4, 0.5) is 5.69 Å². The number of benzene rings is 2. The van der Waals surface area contributed by atoms with Crippen molar-refractivity contribution in [3.8, 4) is 0 Å². The summed E-state index contributed by atoms with van der Waals surface area (Å²) in [6.07, 6.45) is 8.21. The molecule has 0 unspecified atom stereocenters. The van der Waals surface area contributed by atoms with E-state index >= 15 is 0 Å². The molecule has 1 fully saturated rings. The molecule has 1 aliphatic heterocycles. The molecule has 0 aliphatic carbocycles. The topological polar surface area (TPSA) is 75.3 Å². The van der Waals surface area contributed by atoms with E-state index < -0.39 is 5.97 Å². The second-order valence-corrected chi connectivity index (χ2v) is 7.46. The molecule has 6 nitrogen and oxygen atoms in total. The summed E-state index contributed by atoms with van der Waals surface area (Å²) in [6.45, 7) is 2.12. The number of aromatic amines is 1. The lowest BCUT2D eigenvalue weighted by molar-refractivity contribution is -0.139. The van der Waals surface area contributed by atoms with E-state index in [2.05, 4.69) is 27.0 Å². The number of H-pyrrole nitrogens is 1. The molecule has 0 spiro atoms. The monoisotopic (exact) mass is 403 g/mol. The van der Waals surface area contributed by atoms with Crippen molar-refractivity contribution in [1.29, 1.82) is 0 Å². The van der Waals surface area contributed by atoms with Crippen LogP contribution in [0.5, 0.6) is 0 Å². The van der Waals surface area contributed by atoms with Gasteiger partial charge in [0.05, 0.1) is 10.9 Å². The Balaban J connectivity index is 1.34. The summed E-state index contributed by atoms with van der Waals surface area (Å²) in [6, 6.07) is 15.3. The van der Waals surface area contributed by atoms with E-state index in [0.717, 1.165) is 18.7 Å². The zero-order valence-electron chi connectivity index (χ0n) is 16.8. The van der Waals surface area contributed by atoms with Crippen LogP contribution < -0.4 is 10.5 Å². The molecule has 0 radical (unpaired) electrons. The molecule has 3 aromatic rings. The molecule has 1 N–H and O–H groups in total. The molecule has 0 bridgehead atoms. The molecule has 0 saturated carbocycles. The molecule has 0 amide bonds. The Bertz CT molecular complexity index is 1090. The summed E-state index contributed by atoms with van der Waals surface area (Å²) in [4.78, 5) is 33.5. The van der Waals surface area contributed by atoms with Gasteiger partial charge in [0.25, 0.3) is 5.56 Å². The first-order chi connectivity index (χ1) is 14.7. The summed E-state index contributed by atoms with van der Waals surface area (Å²) in [5.74, 6) is -0.162. The predicted octanol–water partition coefficient (Wildman–Crippen LogP) is 4.06. The van der Waals surface area contributed by atoms with Crippen LogP contribution in [0.15, 0.2) is 59.4 Å². The summed E-state index contributed by atoms with van der Waals surface area (Å²) in [7, 11) is 0. The average Bonchev–Trinajstić information content (AvgIpc) is 3.06. The third-order valence-corrected chi connectivity index (χ3v) is 5.29. The Kier molecular flexibility index (Phi) is 6.23. The lowest BCUT2D eigenvalue weighted by atomic mass is 10.1. The zero-order chi connectivity index (χ0) is 20.8. The van der Waals surface area contributed by atoms with Gasteiger partial charge in [-0.05, 0) is 48.7 Å². The number of ether oxygens (including phenoxy) is 1. The molecule has 1 saturated heterocycles. The number of nitrogens with zero attached hydrogens (tertiary/aromatic N) is 2. The van der Waals surface area contributed by atoms with Crippen molar-refractivity contribution in [3.05, 3.63) is 76.3 Å². The minimum Gasteiger partial charge on any atom is -0.454 e. The molecule has 4 rings (SSSR count). The summed E-state index contributed by atoms with van der Waals surface area (Å²) >= 11 is 0. The number of aromatic nitrogens is 2. The first kappa shape index (κ1) is 19.9. The van der Waals surface area contributed by atoms with Gasteiger partial charge in [0, 0.05) is 24.9 Å². The SMILES string of the molecule is O=C(/C=C/c1ccc(N2CCCCCC2)cc1)OCc1nc2ccccc2c(=O)[nH]1. The molecule has 154 valence electrons. The van der Waals surface area contributed by atoms with Gasteiger partial charge in [0.2, 0.25) is 0 Å². The van der Waals surface area contributed by atoms with Gasteiger partial charge in [-0.25, -0.2) is 9.78 Å². The number of hydrogen-bond donors (Lipinski definition) is 1. The molecule has 1 aliphatic rings. The number of anilines is 1. The van der Waals surface area contributed by atoms with Crippen molar-refractivity contribution in [3.63, 3.8) is 0 Å². The summed E-state index contributed by atoms with van der Waals surface area (Å²) in [5.41, 5.74) is 2.49. The number of esters is 1. The third kappa shape index (κ3) is 4.95. The zero-order valence-corrected chi connectivity index (χ0v) is 16.8. The van der Waals surface area contributed by atoms with Crippen LogP contribution in [0.25, 0.3) is 17.0 Å². The number of carbonyl (C=O) groups excluding carboxylic acids is 1. The van der Waals surface area contributed by atoms with Gasteiger partial charge in [-0.1, -0.05) is 37.1 Å². The molecule has 2 heterocycles. The molecule has 0 atom stereocenters. The molecule has 30 heavy (non-hydrogen) atoms. The van der Waals surface area contributed by atoms with Crippen LogP contribution >= 0.6 is 0 Å². The Labute approximate surface area is 175 Å². The van der Waals surface area contributed by atoms with E-state index in [1.807, 2.05) is 18.2 Å². The normalized spacial score (nSPS) is 14.7.